The molecule has 0 fully saturated rings. The van der Waals surface area contributed by atoms with Crippen LogP contribution in [0.5, 0.6) is 6.01 Å². The van der Waals surface area contributed by atoms with E-state index in [-0.39, 0.29) is 12.0 Å². The molecule has 0 aliphatic carbocycles. The molecule has 0 aliphatic rings. The van der Waals surface area contributed by atoms with Gasteiger partial charge in [0.1, 0.15) is 0 Å². The molecule has 0 bridgehead atoms. The fraction of sp³-hybridized carbons (Fsp3) is 0.667. The number of rotatable bonds is 4. The Bertz CT molecular complexity index is 328. The van der Waals surface area contributed by atoms with E-state index in [1.54, 1.807) is 0 Å². The Labute approximate surface area is 89.5 Å². The lowest BCUT2D eigenvalue weighted by molar-refractivity contribution is 0.378. The summed E-state index contributed by atoms with van der Waals surface area (Å²) < 4.78 is 4.94. The molecule has 84 valence electrons. The molecule has 0 amide bonds. The lowest BCUT2D eigenvalue weighted by Crippen LogP contribution is -2.32. The molecule has 1 rings (SSSR count). The highest BCUT2D eigenvalue weighted by molar-refractivity contribution is 5.36. The second kappa shape index (κ2) is 4.77. The van der Waals surface area contributed by atoms with Crippen LogP contribution in [0, 0.1) is 0 Å². The molecule has 1 heterocycles. The predicted octanol–water partition coefficient (Wildman–Crippen LogP) is 0.697. The Morgan fingerprint density at radius 3 is 2.47 bits per heavy atom. The number of nitrogens with zero attached hydrogens (tertiary/aromatic N) is 4. The van der Waals surface area contributed by atoms with Crippen LogP contribution >= 0.6 is 0 Å². The van der Waals surface area contributed by atoms with Crippen LogP contribution in [0.1, 0.15) is 20.8 Å². The quantitative estimate of drug-likeness (QED) is 0.789. The molecule has 6 heteroatoms. The Kier molecular flexibility index (Phi) is 3.65. The van der Waals surface area contributed by atoms with E-state index in [4.69, 9.17) is 10.5 Å². The molecule has 0 unspecified atom stereocenters. The molecular formula is C9H17N5O. The van der Waals surface area contributed by atoms with E-state index in [0.29, 0.717) is 12.0 Å². The normalized spacial score (nSPS) is 10.5. The van der Waals surface area contributed by atoms with Crippen molar-refractivity contribution in [1.29, 1.82) is 0 Å². The van der Waals surface area contributed by atoms with Gasteiger partial charge in [0, 0.05) is 12.6 Å². The summed E-state index contributed by atoms with van der Waals surface area (Å²) in [6.45, 7) is 6.97. The molecule has 0 atom stereocenters. The van der Waals surface area contributed by atoms with Crippen LogP contribution in [0.3, 0.4) is 0 Å². The molecular weight excluding hydrogens is 194 g/mol. The van der Waals surface area contributed by atoms with Gasteiger partial charge in [-0.2, -0.15) is 15.0 Å². The SMILES string of the molecule is CCN(c1nc(N)nc(OC)n1)C(C)C. The summed E-state index contributed by atoms with van der Waals surface area (Å²) in [5.41, 5.74) is 5.56. The second-order valence-corrected chi connectivity index (χ2v) is 3.36. The van der Waals surface area contributed by atoms with Crippen LogP contribution in [0.25, 0.3) is 0 Å². The molecule has 0 aliphatic heterocycles. The highest BCUT2D eigenvalue weighted by atomic mass is 16.5. The summed E-state index contributed by atoms with van der Waals surface area (Å²) in [7, 11) is 1.50. The smallest absolute Gasteiger partial charge is 0.322 e. The van der Waals surface area contributed by atoms with Gasteiger partial charge in [0.25, 0.3) is 0 Å². The molecule has 1 aromatic rings. The summed E-state index contributed by atoms with van der Waals surface area (Å²) in [6, 6.07) is 0.554. The number of nitrogen functional groups attached to an aromatic ring is 1. The van der Waals surface area contributed by atoms with Gasteiger partial charge in [-0.25, -0.2) is 0 Å². The molecule has 15 heavy (non-hydrogen) atoms. The number of aromatic nitrogens is 3. The van der Waals surface area contributed by atoms with Gasteiger partial charge in [-0.05, 0) is 20.8 Å². The number of nitrogens with two attached hydrogens (primary N) is 1. The topological polar surface area (TPSA) is 77.2 Å². The molecule has 0 radical (unpaired) electrons. The Morgan fingerprint density at radius 1 is 1.33 bits per heavy atom. The zero-order chi connectivity index (χ0) is 11.4. The van der Waals surface area contributed by atoms with Gasteiger partial charge < -0.3 is 15.4 Å². The first-order chi connectivity index (χ1) is 7.08. The summed E-state index contributed by atoms with van der Waals surface area (Å²) in [5, 5.41) is 0. The highest BCUT2D eigenvalue weighted by Gasteiger charge is 2.13. The molecule has 0 saturated carbocycles. The fourth-order valence-electron chi connectivity index (χ4n) is 1.32. The van der Waals surface area contributed by atoms with Crippen LogP contribution in [0.15, 0.2) is 0 Å². The van der Waals surface area contributed by atoms with Crippen molar-refractivity contribution < 1.29 is 4.74 Å². The maximum atomic E-state index is 5.56. The van der Waals surface area contributed by atoms with E-state index in [1.807, 2.05) is 11.8 Å². The van der Waals surface area contributed by atoms with Crippen molar-refractivity contribution in [3.8, 4) is 6.01 Å². The summed E-state index contributed by atoms with van der Waals surface area (Å²) in [4.78, 5) is 14.1. The lowest BCUT2D eigenvalue weighted by atomic mass is 10.3. The van der Waals surface area contributed by atoms with Crippen molar-refractivity contribution in [2.45, 2.75) is 26.8 Å². The maximum Gasteiger partial charge on any atom is 0.322 e. The van der Waals surface area contributed by atoms with Crippen molar-refractivity contribution in [1.82, 2.24) is 15.0 Å². The maximum absolute atomic E-state index is 5.56. The molecule has 0 saturated heterocycles. The number of hydrogen-bond acceptors (Lipinski definition) is 6. The third-order valence-electron chi connectivity index (χ3n) is 2.02. The second-order valence-electron chi connectivity index (χ2n) is 3.36. The fourth-order valence-corrected chi connectivity index (χ4v) is 1.32. The van der Waals surface area contributed by atoms with Crippen LogP contribution in [-0.2, 0) is 0 Å². The first kappa shape index (κ1) is 11.5. The van der Waals surface area contributed by atoms with E-state index < -0.39 is 0 Å². The van der Waals surface area contributed by atoms with E-state index in [9.17, 15) is 0 Å². The molecule has 0 spiro atoms. The van der Waals surface area contributed by atoms with Crippen LogP contribution in [-0.4, -0.2) is 34.6 Å². The molecule has 6 nitrogen and oxygen atoms in total. The average molecular weight is 211 g/mol. The number of methoxy groups -OCH3 is 1. The van der Waals surface area contributed by atoms with E-state index in [0.717, 1.165) is 6.54 Å². The Hall–Kier alpha value is -1.59. The van der Waals surface area contributed by atoms with Gasteiger partial charge in [0.05, 0.1) is 7.11 Å². The Morgan fingerprint density at radius 2 is 2.00 bits per heavy atom. The van der Waals surface area contributed by atoms with E-state index in [1.165, 1.54) is 7.11 Å². The number of ether oxygens (including phenoxy) is 1. The van der Waals surface area contributed by atoms with Crippen LogP contribution < -0.4 is 15.4 Å². The zero-order valence-corrected chi connectivity index (χ0v) is 9.56. The predicted molar refractivity (Wildman–Crippen MR) is 58.9 cm³/mol. The third kappa shape index (κ3) is 2.68. The Balaban J connectivity index is 3.06. The highest BCUT2D eigenvalue weighted by Crippen LogP contribution is 2.14. The van der Waals surface area contributed by atoms with Gasteiger partial charge in [-0.1, -0.05) is 0 Å². The molecule has 0 aromatic carbocycles. The van der Waals surface area contributed by atoms with Crippen molar-refractivity contribution in [3.63, 3.8) is 0 Å². The van der Waals surface area contributed by atoms with Crippen molar-refractivity contribution >= 4 is 11.9 Å². The first-order valence-electron chi connectivity index (χ1n) is 4.90. The van der Waals surface area contributed by atoms with E-state index >= 15 is 0 Å². The van der Waals surface area contributed by atoms with Gasteiger partial charge in [-0.3, -0.25) is 0 Å². The minimum absolute atomic E-state index is 0.177. The zero-order valence-electron chi connectivity index (χ0n) is 9.56. The molecule has 1 aromatic heterocycles. The van der Waals surface area contributed by atoms with Crippen molar-refractivity contribution in [3.05, 3.63) is 0 Å². The van der Waals surface area contributed by atoms with Gasteiger partial charge in [-0.15, -0.1) is 0 Å². The summed E-state index contributed by atoms with van der Waals surface area (Å²) in [6.07, 6.45) is 0. The van der Waals surface area contributed by atoms with Gasteiger partial charge >= 0.3 is 6.01 Å². The van der Waals surface area contributed by atoms with Gasteiger partial charge in [0.15, 0.2) is 0 Å². The first-order valence-corrected chi connectivity index (χ1v) is 4.90. The third-order valence-corrected chi connectivity index (χ3v) is 2.02. The lowest BCUT2D eigenvalue weighted by Gasteiger charge is -2.24. The van der Waals surface area contributed by atoms with Crippen molar-refractivity contribution in [2.24, 2.45) is 0 Å². The van der Waals surface area contributed by atoms with Crippen LogP contribution in [0.4, 0.5) is 11.9 Å². The summed E-state index contributed by atoms with van der Waals surface area (Å²) in [5.74, 6) is 0.729. The van der Waals surface area contributed by atoms with E-state index in [2.05, 4.69) is 28.8 Å². The monoisotopic (exact) mass is 211 g/mol. The number of hydrogen-bond donors (Lipinski definition) is 1. The average Bonchev–Trinajstić information content (AvgIpc) is 2.17. The minimum atomic E-state index is 0.177. The standard InChI is InChI=1S/C9H17N5O/c1-5-14(6(2)3)8-11-7(10)12-9(13-8)15-4/h6H,5H2,1-4H3,(H2,10,11,12,13). The van der Waals surface area contributed by atoms with Crippen LogP contribution in [0.2, 0.25) is 0 Å². The largest absolute Gasteiger partial charge is 0.467 e. The summed E-state index contributed by atoms with van der Waals surface area (Å²) >= 11 is 0. The molecule has 2 N–H and O–H groups in total. The van der Waals surface area contributed by atoms with Gasteiger partial charge in [0.2, 0.25) is 11.9 Å². The van der Waals surface area contributed by atoms with Crippen molar-refractivity contribution in [2.75, 3.05) is 24.3 Å². The number of anilines is 2. The minimum Gasteiger partial charge on any atom is -0.467 e.